The normalized spacial score (nSPS) is 11.0. The molecule has 0 bridgehead atoms. The number of benzene rings is 2. The third-order valence-corrected chi connectivity index (χ3v) is 3.77. The molecule has 0 saturated carbocycles. The Bertz CT molecular complexity index is 703. The van der Waals surface area contributed by atoms with Crippen LogP contribution >= 0.6 is 11.3 Å². The van der Waals surface area contributed by atoms with Crippen molar-refractivity contribution in [3.05, 3.63) is 41.3 Å². The number of hydrogen-bond donors (Lipinski definition) is 1. The Hall–Kier alpha value is -1.94. The van der Waals surface area contributed by atoms with E-state index in [0.717, 1.165) is 20.2 Å². The van der Waals surface area contributed by atoms with Gasteiger partial charge < -0.3 is 5.11 Å². The van der Waals surface area contributed by atoms with Crippen molar-refractivity contribution in [2.45, 2.75) is 0 Å². The monoisotopic (exact) mass is 229 g/mol. The lowest BCUT2D eigenvalue weighted by Gasteiger charge is -1.96. The third-order valence-electron chi connectivity index (χ3n) is 2.58. The minimum absolute atomic E-state index is 0.198. The highest BCUT2D eigenvalue weighted by atomic mass is 32.1. The van der Waals surface area contributed by atoms with Gasteiger partial charge in [-0.05, 0) is 23.4 Å². The Morgan fingerprint density at radius 3 is 2.75 bits per heavy atom. The summed E-state index contributed by atoms with van der Waals surface area (Å²) in [7, 11) is 0. The first-order valence-electron chi connectivity index (χ1n) is 4.78. The van der Waals surface area contributed by atoms with Gasteiger partial charge in [0.05, 0.1) is 4.70 Å². The Balaban J connectivity index is 2.64. The van der Waals surface area contributed by atoms with E-state index < -0.39 is 0 Å². The van der Waals surface area contributed by atoms with E-state index in [4.69, 9.17) is 0 Å². The van der Waals surface area contributed by atoms with E-state index in [2.05, 4.69) is 5.18 Å². The zero-order valence-electron chi connectivity index (χ0n) is 8.18. The first-order chi connectivity index (χ1) is 7.81. The Morgan fingerprint density at radius 2 is 1.94 bits per heavy atom. The summed E-state index contributed by atoms with van der Waals surface area (Å²) >= 11 is 1.47. The average molecular weight is 229 g/mol. The van der Waals surface area contributed by atoms with Crippen LogP contribution in [0.3, 0.4) is 0 Å². The summed E-state index contributed by atoms with van der Waals surface area (Å²) < 4.78 is 1.77. The summed E-state index contributed by atoms with van der Waals surface area (Å²) in [6, 6.07) is 10.8. The quantitative estimate of drug-likeness (QED) is 0.637. The molecule has 0 atom stereocenters. The number of aromatic hydroxyl groups is 1. The van der Waals surface area contributed by atoms with E-state index >= 15 is 0 Å². The van der Waals surface area contributed by atoms with E-state index in [0.29, 0.717) is 5.69 Å². The van der Waals surface area contributed by atoms with Crippen LogP contribution in [0.1, 0.15) is 0 Å². The maximum atomic E-state index is 10.7. The summed E-state index contributed by atoms with van der Waals surface area (Å²) in [5, 5.41) is 14.5. The van der Waals surface area contributed by atoms with Gasteiger partial charge in [-0.15, -0.1) is 16.2 Å². The molecule has 2 aromatic carbocycles. The lowest BCUT2D eigenvalue weighted by Crippen LogP contribution is -1.69. The smallest absolute Gasteiger partial charge is 0.133 e. The molecular formula is C12H7NO2S. The topological polar surface area (TPSA) is 49.7 Å². The number of fused-ring (bicyclic) bond motifs is 3. The molecule has 78 valence electrons. The van der Waals surface area contributed by atoms with Gasteiger partial charge in [-0.2, -0.15) is 0 Å². The fraction of sp³-hybridized carbons (Fsp3) is 0. The number of phenols is 1. The summed E-state index contributed by atoms with van der Waals surface area (Å²) in [5.74, 6) is 0.198. The second-order valence-corrected chi connectivity index (χ2v) is 4.55. The minimum Gasteiger partial charge on any atom is -0.506 e. The van der Waals surface area contributed by atoms with Crippen molar-refractivity contribution in [2.75, 3.05) is 0 Å². The zero-order chi connectivity index (χ0) is 11.1. The van der Waals surface area contributed by atoms with Gasteiger partial charge in [-0.25, -0.2) is 0 Å². The molecule has 0 aliphatic heterocycles. The maximum absolute atomic E-state index is 10.7. The molecule has 0 unspecified atom stereocenters. The molecule has 3 rings (SSSR count). The number of rotatable bonds is 1. The van der Waals surface area contributed by atoms with E-state index in [1.54, 1.807) is 6.07 Å². The minimum atomic E-state index is 0.198. The Kier molecular flexibility index (Phi) is 1.91. The van der Waals surface area contributed by atoms with Gasteiger partial charge in [-0.3, -0.25) is 0 Å². The second kappa shape index (κ2) is 3.28. The molecule has 1 heterocycles. The standard InChI is InChI=1S/C12H7NO2S/c14-9-6-5-8(13-15)11-7-3-1-2-4-10(7)16-12(9)11/h1-6,14H. The molecule has 16 heavy (non-hydrogen) atoms. The van der Waals surface area contributed by atoms with Crippen LogP contribution in [0.2, 0.25) is 0 Å². The van der Waals surface area contributed by atoms with Crippen LogP contribution in [0.4, 0.5) is 5.69 Å². The largest absolute Gasteiger partial charge is 0.506 e. The number of nitrogens with zero attached hydrogens (tertiary/aromatic N) is 1. The number of hydrogen-bond acceptors (Lipinski definition) is 4. The maximum Gasteiger partial charge on any atom is 0.133 e. The predicted molar refractivity (Wildman–Crippen MR) is 66.5 cm³/mol. The molecular weight excluding hydrogens is 222 g/mol. The van der Waals surface area contributed by atoms with Gasteiger partial charge in [-0.1, -0.05) is 18.2 Å². The summed E-state index contributed by atoms with van der Waals surface area (Å²) in [6.07, 6.45) is 0. The molecule has 1 N–H and O–H groups in total. The van der Waals surface area contributed by atoms with Crippen LogP contribution < -0.4 is 0 Å². The number of thiophene rings is 1. The fourth-order valence-electron chi connectivity index (χ4n) is 1.87. The Labute approximate surface area is 94.9 Å². The molecule has 0 aliphatic rings. The molecule has 0 amide bonds. The highest BCUT2D eigenvalue weighted by Crippen LogP contribution is 2.43. The third kappa shape index (κ3) is 1.13. The molecule has 0 saturated heterocycles. The summed E-state index contributed by atoms with van der Waals surface area (Å²) in [5.41, 5.74) is 0.380. The molecule has 0 radical (unpaired) electrons. The van der Waals surface area contributed by atoms with Crippen molar-refractivity contribution in [2.24, 2.45) is 5.18 Å². The fourth-order valence-corrected chi connectivity index (χ4v) is 3.01. The van der Waals surface area contributed by atoms with Crippen LogP contribution in [0, 0.1) is 4.91 Å². The molecule has 1 aromatic heterocycles. The van der Waals surface area contributed by atoms with Crippen LogP contribution in [-0.4, -0.2) is 5.11 Å². The number of phenolic OH excluding ortho intramolecular Hbond substituents is 1. The van der Waals surface area contributed by atoms with Crippen molar-refractivity contribution in [3.63, 3.8) is 0 Å². The predicted octanol–water partition coefficient (Wildman–Crippen LogP) is 4.16. The average Bonchev–Trinajstić information content (AvgIpc) is 2.70. The van der Waals surface area contributed by atoms with Crippen LogP contribution in [0.5, 0.6) is 5.75 Å². The lowest BCUT2D eigenvalue weighted by atomic mass is 10.1. The van der Waals surface area contributed by atoms with Crippen molar-refractivity contribution in [3.8, 4) is 5.75 Å². The molecule has 0 fully saturated rings. The molecule has 0 spiro atoms. The van der Waals surface area contributed by atoms with Gasteiger partial charge >= 0.3 is 0 Å². The van der Waals surface area contributed by atoms with Crippen LogP contribution in [0.15, 0.2) is 41.6 Å². The van der Waals surface area contributed by atoms with E-state index in [-0.39, 0.29) is 5.75 Å². The van der Waals surface area contributed by atoms with Gasteiger partial charge in [0, 0.05) is 15.5 Å². The SMILES string of the molecule is O=Nc1ccc(O)c2sc3ccccc3c12. The van der Waals surface area contributed by atoms with Crippen molar-refractivity contribution < 1.29 is 5.11 Å². The van der Waals surface area contributed by atoms with Crippen LogP contribution in [-0.2, 0) is 0 Å². The highest BCUT2D eigenvalue weighted by molar-refractivity contribution is 7.26. The molecule has 4 heteroatoms. The summed E-state index contributed by atoms with van der Waals surface area (Å²) in [4.78, 5) is 10.7. The molecule has 0 aliphatic carbocycles. The van der Waals surface area contributed by atoms with Crippen LogP contribution in [0.25, 0.3) is 20.2 Å². The van der Waals surface area contributed by atoms with E-state index in [9.17, 15) is 10.0 Å². The lowest BCUT2D eigenvalue weighted by molar-refractivity contribution is 0.482. The summed E-state index contributed by atoms with van der Waals surface area (Å²) in [6.45, 7) is 0. The number of nitroso groups, excluding NO2 is 1. The van der Waals surface area contributed by atoms with Crippen molar-refractivity contribution in [1.82, 2.24) is 0 Å². The van der Waals surface area contributed by atoms with Gasteiger partial charge in [0.1, 0.15) is 11.4 Å². The molecule has 3 nitrogen and oxygen atoms in total. The first kappa shape index (κ1) is 9.30. The van der Waals surface area contributed by atoms with E-state index in [1.807, 2.05) is 24.3 Å². The van der Waals surface area contributed by atoms with Crippen molar-refractivity contribution in [1.29, 1.82) is 0 Å². The Morgan fingerprint density at radius 1 is 1.12 bits per heavy atom. The van der Waals surface area contributed by atoms with Crippen molar-refractivity contribution >= 4 is 37.2 Å². The first-order valence-corrected chi connectivity index (χ1v) is 5.59. The van der Waals surface area contributed by atoms with Gasteiger partial charge in [0.15, 0.2) is 0 Å². The molecule has 3 aromatic rings. The van der Waals surface area contributed by atoms with Gasteiger partial charge in [0.2, 0.25) is 0 Å². The van der Waals surface area contributed by atoms with E-state index in [1.165, 1.54) is 17.4 Å². The highest BCUT2D eigenvalue weighted by Gasteiger charge is 2.12. The van der Waals surface area contributed by atoms with Gasteiger partial charge in [0.25, 0.3) is 0 Å². The zero-order valence-corrected chi connectivity index (χ0v) is 8.99. The second-order valence-electron chi connectivity index (χ2n) is 3.50.